The lowest BCUT2D eigenvalue weighted by Crippen LogP contribution is -2.41. The van der Waals surface area contributed by atoms with Crippen LogP contribution in [0.4, 0.5) is 11.6 Å². The van der Waals surface area contributed by atoms with Gasteiger partial charge in [0.05, 0.1) is 11.3 Å². The SMILES string of the molecule is Cc1ncnc(N2CCC(CNC(=O)C3CCCCC3)CC2)c1C#Cc1ccc(N)nc1. The summed E-state index contributed by atoms with van der Waals surface area (Å²) in [4.78, 5) is 27.7. The van der Waals surface area contributed by atoms with Crippen LogP contribution in [-0.4, -0.2) is 40.5 Å². The van der Waals surface area contributed by atoms with E-state index in [4.69, 9.17) is 5.73 Å². The van der Waals surface area contributed by atoms with Crippen molar-refractivity contribution in [1.29, 1.82) is 0 Å². The summed E-state index contributed by atoms with van der Waals surface area (Å²) < 4.78 is 0. The first-order chi connectivity index (χ1) is 15.6. The van der Waals surface area contributed by atoms with E-state index in [0.29, 0.717) is 11.7 Å². The summed E-state index contributed by atoms with van der Waals surface area (Å²) in [5.74, 6) is 8.77. The maximum atomic E-state index is 12.5. The Balaban J connectivity index is 1.36. The standard InChI is InChI=1S/C25H32N6O/c1-18-22(9-7-19-8-10-23(26)27-15-19)24(30-17-29-18)31-13-11-20(12-14-31)16-28-25(32)21-5-3-2-4-6-21/h8,10,15,17,20-21H,2-6,11-14,16H2,1H3,(H2,26,27)(H,28,32). The van der Waals surface area contributed by atoms with Crippen LogP contribution < -0.4 is 16.0 Å². The van der Waals surface area contributed by atoms with Crippen LogP contribution in [0.3, 0.4) is 0 Å². The first-order valence-corrected chi connectivity index (χ1v) is 11.7. The van der Waals surface area contributed by atoms with Crippen LogP contribution in [0.1, 0.15) is 61.8 Å². The first kappa shape index (κ1) is 22.1. The molecule has 0 spiro atoms. The van der Waals surface area contributed by atoms with Gasteiger partial charge in [0.25, 0.3) is 0 Å². The Morgan fingerprint density at radius 3 is 2.59 bits per heavy atom. The highest BCUT2D eigenvalue weighted by molar-refractivity contribution is 5.78. The quantitative estimate of drug-likeness (QED) is 0.721. The van der Waals surface area contributed by atoms with Gasteiger partial charge in [-0.15, -0.1) is 0 Å². The molecule has 3 N–H and O–H groups in total. The Labute approximate surface area is 190 Å². The van der Waals surface area contributed by atoms with Crippen molar-refractivity contribution in [3.8, 4) is 11.8 Å². The Morgan fingerprint density at radius 1 is 1.09 bits per heavy atom. The molecule has 1 aliphatic heterocycles. The van der Waals surface area contributed by atoms with Crippen molar-refractivity contribution in [3.05, 3.63) is 41.5 Å². The van der Waals surface area contributed by atoms with Crippen molar-refractivity contribution in [3.63, 3.8) is 0 Å². The van der Waals surface area contributed by atoms with Gasteiger partial charge < -0.3 is 16.0 Å². The molecular weight excluding hydrogens is 400 g/mol. The zero-order valence-electron chi connectivity index (χ0n) is 18.8. The number of amides is 1. The van der Waals surface area contributed by atoms with E-state index >= 15 is 0 Å². The van der Waals surface area contributed by atoms with Gasteiger partial charge in [-0.1, -0.05) is 31.1 Å². The molecule has 2 aromatic rings. The molecule has 32 heavy (non-hydrogen) atoms. The third-order valence-corrected chi connectivity index (χ3v) is 6.59. The minimum Gasteiger partial charge on any atom is -0.384 e. The molecule has 2 fully saturated rings. The smallest absolute Gasteiger partial charge is 0.223 e. The van der Waals surface area contributed by atoms with Gasteiger partial charge in [-0.25, -0.2) is 15.0 Å². The first-order valence-electron chi connectivity index (χ1n) is 11.7. The maximum absolute atomic E-state index is 12.5. The summed E-state index contributed by atoms with van der Waals surface area (Å²) in [5.41, 5.74) is 8.19. The number of aromatic nitrogens is 3. The monoisotopic (exact) mass is 432 g/mol. The van der Waals surface area contributed by atoms with Crippen LogP contribution in [0.2, 0.25) is 0 Å². The number of nitrogen functional groups attached to an aromatic ring is 1. The Kier molecular flexibility index (Phi) is 7.21. The summed E-state index contributed by atoms with van der Waals surface area (Å²) in [7, 11) is 0. The Morgan fingerprint density at radius 2 is 1.88 bits per heavy atom. The van der Waals surface area contributed by atoms with Gasteiger partial charge >= 0.3 is 0 Å². The van der Waals surface area contributed by atoms with Crippen LogP contribution >= 0.6 is 0 Å². The van der Waals surface area contributed by atoms with E-state index in [1.54, 1.807) is 18.6 Å². The van der Waals surface area contributed by atoms with E-state index in [9.17, 15) is 4.79 Å². The summed E-state index contributed by atoms with van der Waals surface area (Å²) in [6, 6.07) is 3.61. The number of nitrogens with two attached hydrogens (primary N) is 1. The average molecular weight is 433 g/mol. The van der Waals surface area contributed by atoms with Crippen molar-refractivity contribution in [2.24, 2.45) is 11.8 Å². The lowest BCUT2D eigenvalue weighted by atomic mass is 9.88. The number of nitrogens with one attached hydrogen (secondary N) is 1. The normalized spacial score (nSPS) is 17.5. The highest BCUT2D eigenvalue weighted by Crippen LogP contribution is 2.26. The lowest BCUT2D eigenvalue weighted by molar-refractivity contribution is -0.126. The second kappa shape index (κ2) is 10.4. The number of pyridine rings is 1. The second-order valence-electron chi connectivity index (χ2n) is 8.89. The van der Waals surface area contributed by atoms with Crippen molar-refractivity contribution >= 4 is 17.5 Å². The number of nitrogens with zero attached hydrogens (tertiary/aromatic N) is 4. The van der Waals surface area contributed by atoms with Gasteiger partial charge in [0.15, 0.2) is 0 Å². The van der Waals surface area contributed by atoms with Crippen LogP contribution in [-0.2, 0) is 4.79 Å². The van der Waals surface area contributed by atoms with Crippen LogP contribution in [0.5, 0.6) is 0 Å². The topological polar surface area (TPSA) is 97.0 Å². The summed E-state index contributed by atoms with van der Waals surface area (Å²) in [5, 5.41) is 3.22. The largest absolute Gasteiger partial charge is 0.384 e. The van der Waals surface area contributed by atoms with Crippen LogP contribution in [0.15, 0.2) is 24.7 Å². The molecule has 1 aliphatic carbocycles. The fourth-order valence-electron chi connectivity index (χ4n) is 4.56. The summed E-state index contributed by atoms with van der Waals surface area (Å²) >= 11 is 0. The van der Waals surface area contributed by atoms with Gasteiger partial charge in [-0.3, -0.25) is 4.79 Å². The number of hydrogen-bond donors (Lipinski definition) is 2. The third-order valence-electron chi connectivity index (χ3n) is 6.59. The molecule has 0 unspecified atom stereocenters. The maximum Gasteiger partial charge on any atom is 0.223 e. The molecule has 1 saturated heterocycles. The fraction of sp³-hybridized carbons (Fsp3) is 0.520. The number of rotatable bonds is 4. The molecule has 2 aromatic heterocycles. The van der Waals surface area contributed by atoms with Gasteiger partial charge in [-0.2, -0.15) is 0 Å². The summed E-state index contributed by atoms with van der Waals surface area (Å²) in [6.45, 7) is 4.55. The minimum absolute atomic E-state index is 0.227. The molecule has 1 amide bonds. The van der Waals surface area contributed by atoms with Crippen LogP contribution in [0, 0.1) is 30.6 Å². The van der Waals surface area contributed by atoms with Crippen molar-refractivity contribution in [1.82, 2.24) is 20.3 Å². The number of hydrogen-bond acceptors (Lipinski definition) is 6. The zero-order chi connectivity index (χ0) is 22.3. The molecule has 3 heterocycles. The Hall–Kier alpha value is -3.14. The number of piperidine rings is 1. The van der Waals surface area contributed by atoms with E-state index in [0.717, 1.165) is 68.0 Å². The third kappa shape index (κ3) is 5.56. The second-order valence-corrected chi connectivity index (χ2v) is 8.89. The molecular formula is C25H32N6O. The number of carbonyl (C=O) groups is 1. The van der Waals surface area contributed by atoms with Gasteiger partial charge in [0.2, 0.25) is 5.91 Å². The lowest BCUT2D eigenvalue weighted by Gasteiger charge is -2.33. The Bertz CT molecular complexity index is 980. The molecule has 1 saturated carbocycles. The molecule has 7 nitrogen and oxygen atoms in total. The van der Waals surface area contributed by atoms with Crippen molar-refractivity contribution < 1.29 is 4.79 Å². The summed E-state index contributed by atoms with van der Waals surface area (Å²) in [6.07, 6.45) is 11.1. The highest BCUT2D eigenvalue weighted by Gasteiger charge is 2.25. The number of anilines is 2. The molecule has 168 valence electrons. The molecule has 0 bridgehead atoms. The molecule has 0 atom stereocenters. The van der Waals surface area contributed by atoms with E-state index in [2.05, 4.69) is 37.0 Å². The predicted molar refractivity (Wildman–Crippen MR) is 126 cm³/mol. The van der Waals surface area contributed by atoms with Crippen molar-refractivity contribution in [2.45, 2.75) is 51.9 Å². The van der Waals surface area contributed by atoms with E-state index < -0.39 is 0 Å². The number of carbonyl (C=O) groups excluding carboxylic acids is 1. The molecule has 0 aromatic carbocycles. The van der Waals surface area contributed by atoms with Gasteiger partial charge in [0, 0.05) is 37.3 Å². The predicted octanol–water partition coefficient (Wildman–Crippen LogP) is 3.07. The van der Waals surface area contributed by atoms with Gasteiger partial charge in [-0.05, 0) is 50.7 Å². The van der Waals surface area contributed by atoms with E-state index in [-0.39, 0.29) is 11.8 Å². The zero-order valence-corrected chi connectivity index (χ0v) is 18.8. The van der Waals surface area contributed by atoms with E-state index in [1.807, 2.05) is 13.0 Å². The highest BCUT2D eigenvalue weighted by atomic mass is 16.1. The molecule has 2 aliphatic rings. The minimum atomic E-state index is 0.227. The molecule has 7 heteroatoms. The molecule has 0 radical (unpaired) electrons. The average Bonchev–Trinajstić information content (AvgIpc) is 2.83. The van der Waals surface area contributed by atoms with Gasteiger partial charge in [0.1, 0.15) is 18.0 Å². The van der Waals surface area contributed by atoms with Crippen molar-refractivity contribution in [2.75, 3.05) is 30.3 Å². The number of aryl methyl sites for hydroxylation is 1. The molecule has 4 rings (SSSR count). The van der Waals surface area contributed by atoms with E-state index in [1.165, 1.54) is 19.3 Å². The van der Waals surface area contributed by atoms with Crippen LogP contribution in [0.25, 0.3) is 0 Å². The fourth-order valence-corrected chi connectivity index (χ4v) is 4.56.